The van der Waals surface area contributed by atoms with E-state index in [9.17, 15) is 4.79 Å². The maximum atomic E-state index is 14.3. The summed E-state index contributed by atoms with van der Waals surface area (Å²) in [6.07, 6.45) is 2.11. The van der Waals surface area contributed by atoms with Gasteiger partial charge in [0, 0.05) is 36.0 Å². The van der Waals surface area contributed by atoms with Gasteiger partial charge in [-0.3, -0.25) is 4.79 Å². The molecule has 2 atom stereocenters. The maximum Gasteiger partial charge on any atom is 0.252 e. The van der Waals surface area contributed by atoms with E-state index in [4.69, 9.17) is 19.6 Å². The molecule has 222 valence electrons. The first kappa shape index (κ1) is 30.5. The van der Waals surface area contributed by atoms with Crippen molar-refractivity contribution in [2.45, 2.75) is 44.2 Å². The van der Waals surface area contributed by atoms with Crippen LogP contribution < -0.4 is 10.1 Å². The predicted octanol–water partition coefficient (Wildman–Crippen LogP) is 7.29. The molecule has 0 bridgehead atoms. The molecular weight excluding hydrogens is 604 g/mol. The third-order valence-electron chi connectivity index (χ3n) is 7.58. The number of aliphatic imine (C=N–C) groups is 1. The van der Waals surface area contributed by atoms with E-state index in [1.165, 1.54) is 0 Å². The van der Waals surface area contributed by atoms with E-state index in [0.717, 1.165) is 45.1 Å². The zero-order chi connectivity index (χ0) is 30.1. The second-order valence-electron chi connectivity index (χ2n) is 10.7. The van der Waals surface area contributed by atoms with Crippen LogP contribution in [0.2, 0.25) is 0 Å². The highest BCUT2D eigenvalue weighted by Crippen LogP contribution is 2.43. The highest BCUT2D eigenvalue weighted by molar-refractivity contribution is 9.10. The van der Waals surface area contributed by atoms with Crippen LogP contribution in [0.4, 0.5) is 0 Å². The minimum Gasteiger partial charge on any atom is -0.494 e. The van der Waals surface area contributed by atoms with E-state index in [0.29, 0.717) is 37.6 Å². The van der Waals surface area contributed by atoms with Gasteiger partial charge in [0.15, 0.2) is 11.6 Å². The molecule has 6 nitrogen and oxygen atoms in total. The number of halogens is 1. The van der Waals surface area contributed by atoms with Crippen LogP contribution >= 0.6 is 15.9 Å². The van der Waals surface area contributed by atoms with Gasteiger partial charge in [0.2, 0.25) is 5.90 Å². The Labute approximate surface area is 261 Å². The number of rotatable bonds is 13. The van der Waals surface area contributed by atoms with Gasteiger partial charge in [-0.15, -0.1) is 0 Å². The van der Waals surface area contributed by atoms with E-state index in [2.05, 4.69) is 52.4 Å². The molecule has 0 aliphatic carbocycles. The van der Waals surface area contributed by atoms with Gasteiger partial charge in [-0.25, -0.2) is 4.99 Å². The van der Waals surface area contributed by atoms with Crippen LogP contribution in [0.25, 0.3) is 11.1 Å². The van der Waals surface area contributed by atoms with Gasteiger partial charge in [-0.2, -0.15) is 0 Å². The van der Waals surface area contributed by atoms with Gasteiger partial charge in [0.25, 0.3) is 5.91 Å². The number of nitrogens with zero attached hydrogens (tertiary/aromatic N) is 1. The molecule has 1 aliphatic heterocycles. The Morgan fingerprint density at radius 2 is 1.58 bits per heavy atom. The Morgan fingerprint density at radius 3 is 2.28 bits per heavy atom. The lowest BCUT2D eigenvalue weighted by molar-refractivity contribution is -0.128. The minimum atomic E-state index is -1.24. The molecule has 0 radical (unpaired) electrons. The van der Waals surface area contributed by atoms with Gasteiger partial charge in [-0.1, -0.05) is 102 Å². The molecule has 2 N–H and O–H groups in total. The Kier molecular flexibility index (Phi) is 10.3. The molecular formula is C36H37BrN2O4. The van der Waals surface area contributed by atoms with Crippen LogP contribution in [-0.4, -0.2) is 42.2 Å². The Hall–Kier alpha value is -3.94. The van der Waals surface area contributed by atoms with Crippen molar-refractivity contribution in [2.75, 3.05) is 19.8 Å². The van der Waals surface area contributed by atoms with Crippen molar-refractivity contribution >= 4 is 27.7 Å². The quantitative estimate of drug-likeness (QED) is 0.150. The lowest BCUT2D eigenvalue weighted by Crippen LogP contribution is -2.50. The molecule has 0 aromatic heterocycles. The summed E-state index contributed by atoms with van der Waals surface area (Å²) in [7, 11) is 0. The summed E-state index contributed by atoms with van der Waals surface area (Å²) in [5, 5.41) is 12.2. The molecule has 4 aromatic rings. The van der Waals surface area contributed by atoms with Crippen molar-refractivity contribution in [1.82, 2.24) is 5.32 Å². The second kappa shape index (κ2) is 14.5. The topological polar surface area (TPSA) is 80.2 Å². The summed E-state index contributed by atoms with van der Waals surface area (Å²) in [5.41, 5.74) is 3.58. The van der Waals surface area contributed by atoms with E-state index < -0.39 is 11.6 Å². The van der Waals surface area contributed by atoms with Gasteiger partial charge in [0.1, 0.15) is 5.75 Å². The molecule has 43 heavy (non-hydrogen) atoms. The number of carbonyl (C=O) groups excluding carboxylic acids is 1. The number of ether oxygens (including phenoxy) is 2. The standard InChI is InChI=1S/C36H37BrN2O4/c1-2-3-22-38-35(41)36(25-30-12-7-8-13-32(30)37)33(28-16-14-27(15-17-28)26-10-5-4-6-11-26)43-34(39-36)29-18-20-31(21-19-29)42-24-9-23-40/h4-8,10-21,33,40H,2-3,9,22-25H2,1H3,(H,38,41)/t33-,36-/m1/s1. The monoisotopic (exact) mass is 640 g/mol. The summed E-state index contributed by atoms with van der Waals surface area (Å²) in [6, 6.07) is 33.9. The van der Waals surface area contributed by atoms with Crippen LogP contribution in [0.1, 0.15) is 49.0 Å². The number of amides is 1. The first-order chi connectivity index (χ1) is 21.0. The van der Waals surface area contributed by atoms with Gasteiger partial charge >= 0.3 is 0 Å². The lowest BCUT2D eigenvalue weighted by atomic mass is 9.81. The lowest BCUT2D eigenvalue weighted by Gasteiger charge is -2.31. The van der Waals surface area contributed by atoms with Crippen molar-refractivity contribution in [3.05, 3.63) is 124 Å². The molecule has 1 aliphatic rings. The number of aliphatic hydroxyl groups is 1. The Balaban J connectivity index is 1.56. The van der Waals surface area contributed by atoms with Crippen molar-refractivity contribution in [2.24, 2.45) is 4.99 Å². The molecule has 7 heteroatoms. The number of nitrogens with one attached hydrogen (secondary N) is 1. The summed E-state index contributed by atoms with van der Waals surface area (Å²) in [4.78, 5) is 19.4. The first-order valence-corrected chi connectivity index (χ1v) is 15.6. The maximum absolute atomic E-state index is 14.3. The zero-order valence-corrected chi connectivity index (χ0v) is 25.9. The molecule has 4 aromatic carbocycles. The fourth-order valence-electron chi connectivity index (χ4n) is 5.23. The summed E-state index contributed by atoms with van der Waals surface area (Å²) in [6.45, 7) is 3.18. The summed E-state index contributed by atoms with van der Waals surface area (Å²) < 4.78 is 13.3. The third kappa shape index (κ3) is 7.17. The van der Waals surface area contributed by atoms with Gasteiger partial charge in [-0.05, 0) is 59.0 Å². The van der Waals surface area contributed by atoms with Crippen LogP contribution in [-0.2, 0) is 16.0 Å². The predicted molar refractivity (Wildman–Crippen MR) is 174 cm³/mol. The van der Waals surface area contributed by atoms with Crippen molar-refractivity contribution < 1.29 is 19.4 Å². The molecule has 1 amide bonds. The molecule has 0 saturated heterocycles. The van der Waals surface area contributed by atoms with Crippen molar-refractivity contribution in [3.8, 4) is 16.9 Å². The molecule has 1 heterocycles. The Morgan fingerprint density at radius 1 is 0.907 bits per heavy atom. The van der Waals surface area contributed by atoms with Crippen LogP contribution in [0.15, 0.2) is 113 Å². The van der Waals surface area contributed by atoms with Crippen LogP contribution in [0.3, 0.4) is 0 Å². The van der Waals surface area contributed by atoms with Gasteiger partial charge in [0.05, 0.1) is 6.61 Å². The summed E-state index contributed by atoms with van der Waals surface area (Å²) in [5.74, 6) is 0.949. The van der Waals surface area contributed by atoms with E-state index in [1.54, 1.807) is 0 Å². The number of benzene rings is 4. The first-order valence-electron chi connectivity index (χ1n) is 14.8. The SMILES string of the molecule is CCCCNC(=O)[C@]1(Cc2ccccc2Br)N=C(c2ccc(OCCCO)cc2)O[C@@H]1c1ccc(-c2ccccc2)cc1. The molecule has 0 unspecified atom stereocenters. The largest absolute Gasteiger partial charge is 0.494 e. The zero-order valence-electron chi connectivity index (χ0n) is 24.3. The normalized spacial score (nSPS) is 17.7. The number of hydrogen-bond acceptors (Lipinski definition) is 5. The fourth-order valence-corrected chi connectivity index (χ4v) is 5.65. The molecule has 0 fully saturated rings. The van der Waals surface area contributed by atoms with Gasteiger partial charge < -0.3 is 19.9 Å². The van der Waals surface area contributed by atoms with Crippen LogP contribution in [0.5, 0.6) is 5.75 Å². The highest BCUT2D eigenvalue weighted by Gasteiger charge is 2.53. The molecule has 0 spiro atoms. The van der Waals surface area contributed by atoms with E-state index in [1.807, 2.05) is 78.9 Å². The third-order valence-corrected chi connectivity index (χ3v) is 8.36. The number of hydrogen-bond donors (Lipinski definition) is 2. The molecule has 0 saturated carbocycles. The molecule has 5 rings (SSSR count). The Bertz CT molecular complexity index is 1520. The second-order valence-corrected chi connectivity index (χ2v) is 11.5. The number of aliphatic hydroxyl groups excluding tert-OH is 1. The average molecular weight is 642 g/mol. The smallest absolute Gasteiger partial charge is 0.252 e. The number of unbranched alkanes of at least 4 members (excludes halogenated alkanes) is 1. The van der Waals surface area contributed by atoms with Crippen LogP contribution in [0, 0.1) is 0 Å². The van der Waals surface area contributed by atoms with Crippen molar-refractivity contribution in [1.29, 1.82) is 0 Å². The van der Waals surface area contributed by atoms with Crippen molar-refractivity contribution in [3.63, 3.8) is 0 Å². The average Bonchev–Trinajstić information content (AvgIpc) is 3.43. The van der Waals surface area contributed by atoms with E-state index >= 15 is 0 Å². The van der Waals surface area contributed by atoms with E-state index in [-0.39, 0.29) is 12.5 Å². The highest BCUT2D eigenvalue weighted by atomic mass is 79.9. The summed E-state index contributed by atoms with van der Waals surface area (Å²) >= 11 is 3.70. The minimum absolute atomic E-state index is 0.0797. The fraction of sp³-hybridized carbons (Fsp3) is 0.278. The number of carbonyl (C=O) groups is 1.